The van der Waals surface area contributed by atoms with Gasteiger partial charge in [-0.2, -0.15) is 0 Å². The molecule has 62 valence electrons. The molecule has 0 saturated carbocycles. The summed E-state index contributed by atoms with van der Waals surface area (Å²) < 4.78 is 0. The molecule has 0 radical (unpaired) electrons. The van der Waals surface area contributed by atoms with Crippen LogP contribution in [0.2, 0.25) is 0 Å². The monoisotopic (exact) mass is 155 g/mol. The van der Waals surface area contributed by atoms with Gasteiger partial charge in [0, 0.05) is 17.9 Å². The lowest BCUT2D eigenvalue weighted by Gasteiger charge is -2.10. The van der Waals surface area contributed by atoms with Gasteiger partial charge in [-0.15, -0.1) is 0 Å². The van der Waals surface area contributed by atoms with E-state index in [-0.39, 0.29) is 6.04 Å². The Kier molecular flexibility index (Phi) is 2.26. The zero-order valence-corrected chi connectivity index (χ0v) is 6.70. The van der Waals surface area contributed by atoms with E-state index >= 15 is 0 Å². The zero-order valence-electron chi connectivity index (χ0n) is 6.70. The summed E-state index contributed by atoms with van der Waals surface area (Å²) in [6, 6.07) is -0.291. The molecule has 0 fully saturated rings. The number of nitrogens with two attached hydrogens (primary N) is 1. The number of imidazole rings is 1. The molecule has 0 aliphatic heterocycles. The maximum atomic E-state index is 9.39. The highest BCUT2D eigenvalue weighted by Gasteiger charge is 2.14. The number of rotatable bonds is 2. The van der Waals surface area contributed by atoms with Crippen molar-refractivity contribution in [2.75, 3.05) is 0 Å². The fourth-order valence-electron chi connectivity index (χ4n) is 0.832. The van der Waals surface area contributed by atoms with E-state index in [0.29, 0.717) is 5.82 Å². The average Bonchev–Trinajstić information content (AvgIpc) is 2.34. The number of aliphatic hydroxyl groups is 1. The number of aryl methyl sites for hydroxylation is 1. The fraction of sp³-hybridized carbons (Fsp3) is 0.571. The molecule has 0 spiro atoms. The van der Waals surface area contributed by atoms with Crippen LogP contribution in [0.4, 0.5) is 0 Å². The van der Waals surface area contributed by atoms with Gasteiger partial charge in [-0.05, 0) is 13.8 Å². The summed E-state index contributed by atoms with van der Waals surface area (Å²) in [5.74, 6) is 0.539. The van der Waals surface area contributed by atoms with E-state index in [1.807, 2.05) is 6.92 Å². The summed E-state index contributed by atoms with van der Waals surface area (Å²) in [5, 5.41) is 9.39. The van der Waals surface area contributed by atoms with Gasteiger partial charge in [-0.1, -0.05) is 0 Å². The molecule has 0 aliphatic rings. The second-order valence-corrected chi connectivity index (χ2v) is 2.76. The van der Waals surface area contributed by atoms with Gasteiger partial charge in [-0.3, -0.25) is 0 Å². The lowest BCUT2D eigenvalue weighted by molar-refractivity contribution is 0.144. The van der Waals surface area contributed by atoms with Crippen molar-refractivity contribution < 1.29 is 5.11 Å². The van der Waals surface area contributed by atoms with Gasteiger partial charge >= 0.3 is 0 Å². The normalized spacial score (nSPS) is 16.4. The highest BCUT2D eigenvalue weighted by Crippen LogP contribution is 2.10. The Balaban J connectivity index is 2.76. The van der Waals surface area contributed by atoms with E-state index in [4.69, 9.17) is 5.73 Å². The number of hydrogen-bond donors (Lipinski definition) is 3. The zero-order chi connectivity index (χ0) is 8.43. The van der Waals surface area contributed by atoms with Crippen molar-refractivity contribution in [1.82, 2.24) is 9.97 Å². The van der Waals surface area contributed by atoms with E-state index in [1.54, 1.807) is 13.1 Å². The van der Waals surface area contributed by atoms with Gasteiger partial charge in [-0.25, -0.2) is 4.98 Å². The summed E-state index contributed by atoms with van der Waals surface area (Å²) in [6.45, 7) is 3.62. The van der Waals surface area contributed by atoms with E-state index in [2.05, 4.69) is 9.97 Å². The highest BCUT2D eigenvalue weighted by molar-refractivity contribution is 5.02. The predicted octanol–water partition coefficient (Wildman–Crippen LogP) is 0.0987. The summed E-state index contributed by atoms with van der Waals surface area (Å²) >= 11 is 0. The molecule has 2 atom stereocenters. The minimum Gasteiger partial charge on any atom is -0.384 e. The SMILES string of the molecule is Cc1cnc(C(O)C(C)N)[nH]1. The largest absolute Gasteiger partial charge is 0.384 e. The Morgan fingerprint density at radius 3 is 2.73 bits per heavy atom. The summed E-state index contributed by atoms with van der Waals surface area (Å²) in [5.41, 5.74) is 6.40. The molecule has 0 amide bonds. The second-order valence-electron chi connectivity index (χ2n) is 2.76. The van der Waals surface area contributed by atoms with Crippen LogP contribution in [0.3, 0.4) is 0 Å². The molecule has 1 rings (SSSR count). The quantitative estimate of drug-likeness (QED) is 0.567. The number of aliphatic hydroxyl groups excluding tert-OH is 1. The molecule has 2 unspecified atom stereocenters. The first-order chi connectivity index (χ1) is 5.11. The van der Waals surface area contributed by atoms with E-state index < -0.39 is 6.10 Å². The smallest absolute Gasteiger partial charge is 0.136 e. The van der Waals surface area contributed by atoms with Crippen molar-refractivity contribution in [3.8, 4) is 0 Å². The number of aromatic nitrogens is 2. The van der Waals surface area contributed by atoms with Crippen molar-refractivity contribution in [1.29, 1.82) is 0 Å². The molecule has 0 saturated heterocycles. The van der Waals surface area contributed by atoms with Crippen LogP contribution in [0, 0.1) is 6.92 Å². The van der Waals surface area contributed by atoms with Crippen LogP contribution in [-0.2, 0) is 0 Å². The lowest BCUT2D eigenvalue weighted by atomic mass is 10.2. The molecular formula is C7H13N3O. The Labute approximate surface area is 65.5 Å². The van der Waals surface area contributed by atoms with Gasteiger partial charge in [0.05, 0.1) is 0 Å². The van der Waals surface area contributed by atoms with Crippen molar-refractivity contribution >= 4 is 0 Å². The number of nitrogens with zero attached hydrogens (tertiary/aromatic N) is 1. The molecule has 1 aromatic rings. The standard InChI is InChI=1S/C7H13N3O/c1-4-3-9-7(10-4)6(11)5(2)8/h3,5-6,11H,8H2,1-2H3,(H,9,10). The molecule has 0 bridgehead atoms. The molecule has 4 heteroatoms. The van der Waals surface area contributed by atoms with Crippen LogP contribution in [0.25, 0.3) is 0 Å². The van der Waals surface area contributed by atoms with Crippen LogP contribution >= 0.6 is 0 Å². The third kappa shape index (κ3) is 1.78. The maximum absolute atomic E-state index is 9.39. The number of aromatic amines is 1. The number of hydrogen-bond acceptors (Lipinski definition) is 3. The van der Waals surface area contributed by atoms with Crippen LogP contribution in [0.5, 0.6) is 0 Å². The Bertz CT molecular complexity index is 231. The molecule has 4 N–H and O–H groups in total. The minimum atomic E-state index is -0.691. The van der Waals surface area contributed by atoms with Crippen LogP contribution in [0.1, 0.15) is 24.5 Å². The first-order valence-electron chi connectivity index (χ1n) is 3.56. The average molecular weight is 155 g/mol. The molecule has 1 heterocycles. The molecule has 0 aliphatic carbocycles. The van der Waals surface area contributed by atoms with Gasteiger partial charge in [0.1, 0.15) is 11.9 Å². The third-order valence-corrected chi connectivity index (χ3v) is 1.50. The van der Waals surface area contributed by atoms with E-state index in [1.165, 1.54) is 0 Å². The first-order valence-corrected chi connectivity index (χ1v) is 3.56. The fourth-order valence-corrected chi connectivity index (χ4v) is 0.832. The minimum absolute atomic E-state index is 0.291. The third-order valence-electron chi connectivity index (χ3n) is 1.50. The van der Waals surface area contributed by atoms with Crippen LogP contribution < -0.4 is 5.73 Å². The summed E-state index contributed by atoms with van der Waals surface area (Å²) in [4.78, 5) is 6.87. The Morgan fingerprint density at radius 1 is 1.73 bits per heavy atom. The second kappa shape index (κ2) is 3.02. The van der Waals surface area contributed by atoms with Crippen molar-refractivity contribution in [3.63, 3.8) is 0 Å². The van der Waals surface area contributed by atoms with Gasteiger partial charge in [0.2, 0.25) is 0 Å². The molecule has 1 aromatic heterocycles. The van der Waals surface area contributed by atoms with Gasteiger partial charge in [0.25, 0.3) is 0 Å². The summed E-state index contributed by atoms with van der Waals surface area (Å²) in [6.07, 6.45) is 0.977. The van der Waals surface area contributed by atoms with Crippen molar-refractivity contribution in [3.05, 3.63) is 17.7 Å². The first kappa shape index (κ1) is 8.23. The van der Waals surface area contributed by atoms with Gasteiger partial charge in [0.15, 0.2) is 0 Å². The van der Waals surface area contributed by atoms with E-state index in [0.717, 1.165) is 5.69 Å². The van der Waals surface area contributed by atoms with Crippen LogP contribution in [0.15, 0.2) is 6.20 Å². The van der Waals surface area contributed by atoms with Crippen molar-refractivity contribution in [2.24, 2.45) is 5.73 Å². The van der Waals surface area contributed by atoms with Crippen molar-refractivity contribution in [2.45, 2.75) is 26.0 Å². The topological polar surface area (TPSA) is 74.9 Å². The van der Waals surface area contributed by atoms with Crippen LogP contribution in [-0.4, -0.2) is 21.1 Å². The Morgan fingerprint density at radius 2 is 2.36 bits per heavy atom. The number of nitrogens with one attached hydrogen (secondary N) is 1. The molecule has 11 heavy (non-hydrogen) atoms. The lowest BCUT2D eigenvalue weighted by Crippen LogP contribution is -2.25. The molecular weight excluding hydrogens is 142 g/mol. The molecule has 0 aromatic carbocycles. The maximum Gasteiger partial charge on any atom is 0.136 e. The summed E-state index contributed by atoms with van der Waals surface area (Å²) in [7, 11) is 0. The number of H-pyrrole nitrogens is 1. The predicted molar refractivity (Wildman–Crippen MR) is 41.9 cm³/mol. The Hall–Kier alpha value is -0.870. The highest BCUT2D eigenvalue weighted by atomic mass is 16.3. The van der Waals surface area contributed by atoms with Gasteiger partial charge < -0.3 is 15.8 Å². The van der Waals surface area contributed by atoms with E-state index in [9.17, 15) is 5.11 Å². The molecule has 4 nitrogen and oxygen atoms in total.